The summed E-state index contributed by atoms with van der Waals surface area (Å²) in [5, 5.41) is 18.4. The lowest BCUT2D eigenvalue weighted by Crippen LogP contribution is -2.40. The predicted molar refractivity (Wildman–Crippen MR) is 210 cm³/mol. The van der Waals surface area contributed by atoms with Gasteiger partial charge in [0.2, 0.25) is 10.0 Å². The van der Waals surface area contributed by atoms with Crippen molar-refractivity contribution in [3.63, 3.8) is 0 Å². The van der Waals surface area contributed by atoms with Gasteiger partial charge < -0.3 is 9.47 Å². The third kappa shape index (κ3) is 7.03. The summed E-state index contributed by atoms with van der Waals surface area (Å²) in [5.74, 6) is 1.06. The molecule has 54 heavy (non-hydrogen) atoms. The number of thioether (sulfide) groups is 1. The van der Waals surface area contributed by atoms with Crippen molar-refractivity contribution >= 4 is 44.2 Å². The van der Waals surface area contributed by atoms with Gasteiger partial charge in [-0.2, -0.15) is 9.41 Å². The van der Waals surface area contributed by atoms with E-state index in [9.17, 15) is 13.2 Å². The molecule has 274 valence electrons. The number of benzene rings is 5. The summed E-state index contributed by atoms with van der Waals surface area (Å²) >= 11 is 1.26. The van der Waals surface area contributed by atoms with Crippen LogP contribution in [0.3, 0.4) is 0 Å². The van der Waals surface area contributed by atoms with Crippen LogP contribution in [-0.2, 0) is 19.6 Å². The van der Waals surface area contributed by atoms with Crippen LogP contribution in [-0.4, -0.2) is 83.3 Å². The summed E-state index contributed by atoms with van der Waals surface area (Å²) in [5.41, 5.74) is 4.99. The molecule has 5 aromatic carbocycles. The van der Waals surface area contributed by atoms with E-state index >= 15 is 0 Å². The van der Waals surface area contributed by atoms with E-state index in [-0.39, 0.29) is 22.6 Å². The highest BCUT2D eigenvalue weighted by molar-refractivity contribution is 7.99. The summed E-state index contributed by atoms with van der Waals surface area (Å²) in [7, 11) is -2.13. The van der Waals surface area contributed by atoms with Gasteiger partial charge in [-0.1, -0.05) is 84.6 Å². The number of hydrogen-bond acceptors (Lipinski definition) is 9. The third-order valence-corrected chi connectivity index (χ3v) is 12.6. The van der Waals surface area contributed by atoms with E-state index in [1.54, 1.807) is 30.3 Å². The zero-order valence-electron chi connectivity index (χ0n) is 29.8. The fourth-order valence-corrected chi connectivity index (χ4v) is 9.09. The molecule has 0 N–H and O–H groups in total. The van der Waals surface area contributed by atoms with Crippen molar-refractivity contribution in [3.8, 4) is 22.8 Å². The zero-order valence-corrected chi connectivity index (χ0v) is 31.5. The number of carbonyl (C=O) groups is 1. The van der Waals surface area contributed by atoms with Gasteiger partial charge in [0.1, 0.15) is 5.75 Å². The van der Waals surface area contributed by atoms with Crippen molar-refractivity contribution in [2.24, 2.45) is 5.10 Å². The first-order valence-electron chi connectivity index (χ1n) is 17.7. The molecule has 0 saturated carbocycles. The number of rotatable bonds is 10. The minimum atomic E-state index is -3.76. The lowest BCUT2D eigenvalue weighted by molar-refractivity contribution is -0.130. The maximum atomic E-state index is 14.2. The maximum absolute atomic E-state index is 14.2. The molecular weight excluding hydrogens is 721 g/mol. The van der Waals surface area contributed by atoms with Crippen LogP contribution in [0.1, 0.15) is 29.2 Å². The van der Waals surface area contributed by atoms with Gasteiger partial charge >= 0.3 is 0 Å². The van der Waals surface area contributed by atoms with Crippen molar-refractivity contribution in [3.05, 3.63) is 132 Å². The highest BCUT2D eigenvalue weighted by atomic mass is 32.2. The Hall–Kier alpha value is -5.34. The van der Waals surface area contributed by atoms with Crippen LogP contribution in [0, 0.1) is 6.92 Å². The topological polar surface area (TPSA) is 119 Å². The van der Waals surface area contributed by atoms with Gasteiger partial charge in [-0.3, -0.25) is 9.36 Å². The maximum Gasteiger partial charge on any atom is 0.253 e. The minimum Gasteiger partial charge on any atom is -0.497 e. The van der Waals surface area contributed by atoms with E-state index in [0.717, 1.165) is 44.6 Å². The van der Waals surface area contributed by atoms with Crippen LogP contribution in [0.4, 0.5) is 0 Å². The Bertz CT molecular complexity index is 2460. The number of fused-ring (bicyclic) bond motifs is 1. The smallest absolute Gasteiger partial charge is 0.253 e. The number of hydrogen-bond donors (Lipinski definition) is 0. The van der Waals surface area contributed by atoms with Gasteiger partial charge in [0.05, 0.1) is 42.7 Å². The van der Waals surface area contributed by atoms with E-state index in [1.807, 2.05) is 78.2 Å². The normalized spacial score (nSPS) is 16.4. The van der Waals surface area contributed by atoms with Gasteiger partial charge in [0, 0.05) is 30.8 Å². The Kier molecular flexibility index (Phi) is 10.0. The molecule has 1 unspecified atom stereocenters. The van der Waals surface area contributed by atoms with Crippen LogP contribution >= 0.6 is 11.8 Å². The first-order valence-corrected chi connectivity index (χ1v) is 20.1. The molecule has 1 atom stereocenters. The number of amides is 1. The van der Waals surface area contributed by atoms with Crippen LogP contribution in [0.5, 0.6) is 5.75 Å². The summed E-state index contributed by atoms with van der Waals surface area (Å²) in [4.78, 5) is 14.4. The largest absolute Gasteiger partial charge is 0.497 e. The molecule has 8 rings (SSSR count). The highest BCUT2D eigenvalue weighted by Gasteiger charge is 2.34. The Labute approximate surface area is 318 Å². The lowest BCUT2D eigenvalue weighted by atomic mass is 9.97. The number of aryl methyl sites for hydroxylation is 1. The molecule has 0 spiro atoms. The average Bonchev–Trinajstić information content (AvgIpc) is 3.86. The monoisotopic (exact) mass is 758 g/mol. The second-order valence-corrected chi connectivity index (χ2v) is 16.0. The van der Waals surface area contributed by atoms with E-state index in [2.05, 4.69) is 40.5 Å². The number of para-hydroxylation sites is 1. The minimum absolute atomic E-state index is 0.0382. The number of hydrazone groups is 1. The molecule has 2 aliphatic rings. The lowest BCUT2D eigenvalue weighted by Gasteiger charge is -2.26. The first kappa shape index (κ1) is 35.7. The first-order chi connectivity index (χ1) is 26.3. The van der Waals surface area contributed by atoms with Crippen molar-refractivity contribution in [1.82, 2.24) is 24.1 Å². The summed E-state index contributed by atoms with van der Waals surface area (Å²) in [6, 6.07) is 36.6. The van der Waals surface area contributed by atoms with Crippen LogP contribution in [0.15, 0.2) is 130 Å². The number of carbonyl (C=O) groups excluding carboxylic acids is 1. The van der Waals surface area contributed by atoms with Crippen molar-refractivity contribution in [2.75, 3.05) is 39.2 Å². The van der Waals surface area contributed by atoms with Gasteiger partial charge in [0.25, 0.3) is 5.91 Å². The number of sulfonamides is 1. The summed E-state index contributed by atoms with van der Waals surface area (Å²) in [6.45, 7) is 3.22. The van der Waals surface area contributed by atoms with E-state index in [1.165, 1.54) is 16.1 Å². The van der Waals surface area contributed by atoms with Crippen LogP contribution < -0.4 is 4.74 Å². The molecule has 6 aromatic rings. The predicted octanol–water partition coefficient (Wildman–Crippen LogP) is 6.90. The number of aromatic nitrogens is 3. The van der Waals surface area contributed by atoms with E-state index in [4.69, 9.17) is 14.6 Å². The van der Waals surface area contributed by atoms with E-state index in [0.29, 0.717) is 49.3 Å². The molecule has 1 amide bonds. The van der Waals surface area contributed by atoms with Gasteiger partial charge in [-0.25, -0.2) is 13.4 Å². The molecule has 0 bridgehead atoms. The molecule has 13 heteroatoms. The number of methoxy groups -OCH3 is 1. The molecule has 0 radical (unpaired) electrons. The zero-order chi connectivity index (χ0) is 37.2. The summed E-state index contributed by atoms with van der Waals surface area (Å²) < 4.78 is 41.4. The fourth-order valence-electron chi connectivity index (χ4n) is 6.85. The molecule has 0 aliphatic carbocycles. The molecule has 11 nitrogen and oxygen atoms in total. The van der Waals surface area contributed by atoms with Gasteiger partial charge in [0.15, 0.2) is 11.0 Å². The Morgan fingerprint density at radius 1 is 0.870 bits per heavy atom. The molecule has 1 saturated heterocycles. The number of nitrogens with zero attached hydrogens (tertiary/aromatic N) is 6. The van der Waals surface area contributed by atoms with Crippen molar-refractivity contribution in [2.45, 2.75) is 29.4 Å². The van der Waals surface area contributed by atoms with Crippen LogP contribution in [0.2, 0.25) is 0 Å². The van der Waals surface area contributed by atoms with Crippen molar-refractivity contribution < 1.29 is 22.7 Å². The Morgan fingerprint density at radius 3 is 2.37 bits per heavy atom. The van der Waals surface area contributed by atoms with Crippen molar-refractivity contribution in [1.29, 1.82) is 0 Å². The molecule has 3 heterocycles. The molecular formula is C41H38N6O5S2. The summed E-state index contributed by atoms with van der Waals surface area (Å²) in [6.07, 6.45) is 0.550. The Balaban J connectivity index is 1.12. The SMILES string of the molecule is COc1ccc(C2CC(c3ccc4ccccc4c3)=NN2C(=O)CSc2nnc(-c3cc(S(=O)(=O)N4CCOCC4)ccc3C)n2-c2ccccc2)cc1. The molecule has 1 fully saturated rings. The van der Waals surface area contributed by atoms with Gasteiger partial charge in [-0.15, -0.1) is 10.2 Å². The van der Waals surface area contributed by atoms with E-state index < -0.39 is 10.0 Å². The number of morpholine rings is 1. The average molecular weight is 759 g/mol. The van der Waals surface area contributed by atoms with Gasteiger partial charge in [-0.05, 0) is 76.9 Å². The fraction of sp³-hybridized carbons (Fsp3) is 0.220. The third-order valence-electron chi connectivity index (χ3n) is 9.78. The number of ether oxygens (including phenoxy) is 2. The highest BCUT2D eigenvalue weighted by Crippen LogP contribution is 2.36. The second-order valence-electron chi connectivity index (χ2n) is 13.1. The second kappa shape index (κ2) is 15.2. The van der Waals surface area contributed by atoms with Crippen LogP contribution in [0.25, 0.3) is 27.8 Å². The molecule has 2 aliphatic heterocycles. The quantitative estimate of drug-likeness (QED) is 0.139. The molecule has 1 aromatic heterocycles. The Morgan fingerprint density at radius 2 is 1.61 bits per heavy atom. The standard InChI is InChI=1S/C41H38N6O5S2/c1-28-12-19-35(54(49,50)45-20-22-52-23-21-45)25-36(28)40-42-43-41(46(40)33-10-4-3-5-11-33)53-27-39(48)47-38(30-15-17-34(51-2)18-16-30)26-37(44-47)32-14-13-29-8-6-7-9-31(29)24-32/h3-19,24-25,38H,20-23,26-27H2,1-2H3.